The molecule has 2 fully saturated rings. The Morgan fingerprint density at radius 3 is 1.92 bits per heavy atom. The van der Waals surface area contributed by atoms with Gasteiger partial charge in [0.25, 0.3) is 0 Å². The van der Waals surface area contributed by atoms with Crippen molar-refractivity contribution >= 4 is 11.9 Å². The van der Waals surface area contributed by atoms with Gasteiger partial charge in [0.15, 0.2) is 5.78 Å². The molecule has 0 saturated carbocycles. The van der Waals surface area contributed by atoms with Crippen molar-refractivity contribution < 1.29 is 23.8 Å². The van der Waals surface area contributed by atoms with E-state index in [1.165, 1.54) is 22.3 Å². The number of amides is 1. The van der Waals surface area contributed by atoms with Crippen LogP contribution in [0.3, 0.4) is 0 Å². The van der Waals surface area contributed by atoms with Gasteiger partial charge in [-0.2, -0.15) is 0 Å². The zero-order valence-corrected chi connectivity index (χ0v) is 21.9. The first-order valence-electron chi connectivity index (χ1n) is 13.5. The number of carbonyl (C=O) groups is 2. The van der Waals surface area contributed by atoms with E-state index in [1.807, 2.05) is 17.0 Å². The second-order valence-electron chi connectivity index (χ2n) is 10.6. The maximum atomic E-state index is 13.5. The van der Waals surface area contributed by atoms with E-state index < -0.39 is 0 Å². The molecule has 0 N–H and O–H groups in total. The highest BCUT2D eigenvalue weighted by atomic mass is 16.6. The average molecular weight is 512 g/mol. The summed E-state index contributed by atoms with van der Waals surface area (Å²) in [6.45, 7) is 0.314. The van der Waals surface area contributed by atoms with Crippen molar-refractivity contribution in [1.29, 1.82) is 0 Å². The molecule has 0 aromatic heterocycles. The normalized spacial score (nSPS) is 21.8. The lowest BCUT2D eigenvalue weighted by Gasteiger charge is -2.47. The number of carbonyl (C=O) groups excluding carboxylic acids is 2. The van der Waals surface area contributed by atoms with Gasteiger partial charge in [-0.25, -0.2) is 4.79 Å². The van der Waals surface area contributed by atoms with Crippen molar-refractivity contribution in [2.24, 2.45) is 5.92 Å². The lowest BCUT2D eigenvalue weighted by Crippen LogP contribution is -2.55. The standard InChI is InChI=1S/C32H33NO5/c1-36-24-16-21(17-25(18-24)37-2)31(34)20-14-22-8-7-9-23(15-20)33(22)32(35)38-19-30-28-12-5-3-10-26(28)27-11-4-6-13-29(27)30/h3-6,10-13,16-18,20,22-23,30H,7-9,14-15,19H2,1-2H3. The average Bonchev–Trinajstić information content (AvgIpc) is 3.28. The fraction of sp³-hybridized carbons (Fsp3) is 0.375. The van der Waals surface area contributed by atoms with Gasteiger partial charge < -0.3 is 19.1 Å². The number of rotatable bonds is 6. The van der Waals surface area contributed by atoms with Crippen LogP contribution in [0.2, 0.25) is 0 Å². The maximum absolute atomic E-state index is 13.5. The summed E-state index contributed by atoms with van der Waals surface area (Å²) in [4.78, 5) is 29.0. The predicted molar refractivity (Wildman–Crippen MR) is 145 cm³/mol. The van der Waals surface area contributed by atoms with E-state index in [9.17, 15) is 9.59 Å². The summed E-state index contributed by atoms with van der Waals surface area (Å²) in [6, 6.07) is 22.1. The fourth-order valence-corrected chi connectivity index (χ4v) is 6.75. The summed E-state index contributed by atoms with van der Waals surface area (Å²) in [7, 11) is 3.17. The van der Waals surface area contributed by atoms with Gasteiger partial charge in [-0.1, -0.05) is 48.5 Å². The SMILES string of the molecule is COc1cc(OC)cc(C(=O)C2CC3CCCC(C2)N3C(=O)OCC2c3ccccc3-c3ccccc32)c1. The molecule has 2 atom stereocenters. The van der Waals surface area contributed by atoms with Crippen molar-refractivity contribution in [2.75, 3.05) is 20.8 Å². The molecule has 3 aliphatic rings. The minimum absolute atomic E-state index is 0.0135. The topological polar surface area (TPSA) is 65.1 Å². The zero-order valence-electron chi connectivity index (χ0n) is 21.9. The van der Waals surface area contributed by atoms with Crippen LogP contribution in [0.5, 0.6) is 11.5 Å². The number of methoxy groups -OCH3 is 2. The van der Waals surface area contributed by atoms with Gasteiger partial charge in [0, 0.05) is 35.5 Å². The molecule has 2 unspecified atom stereocenters. The Hall–Kier alpha value is -3.80. The highest BCUT2D eigenvalue weighted by Crippen LogP contribution is 2.45. The number of nitrogens with zero attached hydrogens (tertiary/aromatic N) is 1. The first kappa shape index (κ1) is 24.5. The molecule has 6 heteroatoms. The minimum Gasteiger partial charge on any atom is -0.497 e. The molecule has 3 aromatic carbocycles. The van der Waals surface area contributed by atoms with E-state index in [0.717, 1.165) is 19.3 Å². The van der Waals surface area contributed by atoms with Crippen molar-refractivity contribution in [3.8, 4) is 22.6 Å². The molecule has 0 spiro atoms. The Morgan fingerprint density at radius 2 is 1.37 bits per heavy atom. The molecule has 196 valence electrons. The molecule has 3 aromatic rings. The third-order valence-electron chi connectivity index (χ3n) is 8.53. The molecular formula is C32H33NO5. The number of hydrogen-bond donors (Lipinski definition) is 0. The third-order valence-corrected chi connectivity index (χ3v) is 8.53. The van der Waals surface area contributed by atoms with Crippen LogP contribution >= 0.6 is 0 Å². The molecule has 2 heterocycles. The van der Waals surface area contributed by atoms with E-state index >= 15 is 0 Å². The Kier molecular flexibility index (Phi) is 6.56. The van der Waals surface area contributed by atoms with Crippen LogP contribution in [0.4, 0.5) is 4.79 Å². The number of ketones is 1. The summed E-state index contributed by atoms with van der Waals surface area (Å²) in [5.74, 6) is 1.19. The molecule has 2 bridgehead atoms. The first-order valence-corrected chi connectivity index (χ1v) is 13.5. The second-order valence-corrected chi connectivity index (χ2v) is 10.6. The highest BCUT2D eigenvalue weighted by molar-refractivity contribution is 5.99. The second kappa shape index (κ2) is 10.2. The molecule has 6 nitrogen and oxygen atoms in total. The summed E-state index contributed by atoms with van der Waals surface area (Å²) in [5.41, 5.74) is 5.45. The maximum Gasteiger partial charge on any atom is 0.410 e. The van der Waals surface area contributed by atoms with Crippen molar-refractivity contribution in [3.63, 3.8) is 0 Å². The molecule has 38 heavy (non-hydrogen) atoms. The van der Waals surface area contributed by atoms with E-state index in [1.54, 1.807) is 32.4 Å². The molecule has 2 aliphatic heterocycles. The Bertz CT molecular complexity index is 1290. The van der Waals surface area contributed by atoms with E-state index in [-0.39, 0.29) is 35.8 Å². The van der Waals surface area contributed by atoms with Gasteiger partial charge in [-0.15, -0.1) is 0 Å². The van der Waals surface area contributed by atoms with Crippen molar-refractivity contribution in [3.05, 3.63) is 83.4 Å². The lowest BCUT2D eigenvalue weighted by molar-refractivity contribution is 0.00650. The number of ether oxygens (including phenoxy) is 3. The van der Waals surface area contributed by atoms with Crippen LogP contribution in [0.15, 0.2) is 66.7 Å². The van der Waals surface area contributed by atoms with Crippen LogP contribution in [0.25, 0.3) is 11.1 Å². The number of piperidine rings is 2. The quantitative estimate of drug-likeness (QED) is 0.355. The summed E-state index contributed by atoms with van der Waals surface area (Å²) in [6.07, 6.45) is 3.90. The van der Waals surface area contributed by atoms with E-state index in [0.29, 0.717) is 36.5 Å². The largest absolute Gasteiger partial charge is 0.497 e. The Balaban J connectivity index is 1.16. The van der Waals surface area contributed by atoms with E-state index in [4.69, 9.17) is 14.2 Å². The number of fused-ring (bicyclic) bond motifs is 5. The molecule has 2 saturated heterocycles. The first-order chi connectivity index (χ1) is 18.6. The van der Waals surface area contributed by atoms with Gasteiger partial charge in [0.05, 0.1) is 14.2 Å². The summed E-state index contributed by atoms with van der Waals surface area (Å²) in [5, 5.41) is 0. The zero-order chi connectivity index (χ0) is 26.2. The van der Waals surface area contributed by atoms with Crippen molar-refractivity contribution in [2.45, 2.75) is 50.1 Å². The van der Waals surface area contributed by atoms with Crippen molar-refractivity contribution in [1.82, 2.24) is 4.90 Å². The summed E-state index contributed by atoms with van der Waals surface area (Å²) < 4.78 is 16.8. The Morgan fingerprint density at radius 1 is 0.816 bits per heavy atom. The van der Waals surface area contributed by atoms with E-state index in [2.05, 4.69) is 36.4 Å². The highest BCUT2D eigenvalue weighted by Gasteiger charge is 2.44. The number of hydrogen-bond acceptors (Lipinski definition) is 5. The van der Waals surface area contributed by atoms with Gasteiger partial charge in [-0.05, 0) is 66.5 Å². The van der Waals surface area contributed by atoms with Crippen LogP contribution in [-0.2, 0) is 4.74 Å². The number of Topliss-reactive ketones (excluding diaryl/α,β-unsaturated/α-hetero) is 1. The smallest absolute Gasteiger partial charge is 0.410 e. The van der Waals surface area contributed by atoms with Gasteiger partial charge >= 0.3 is 6.09 Å². The Labute approximate surface area is 223 Å². The van der Waals surface area contributed by atoms with Crippen LogP contribution in [0.1, 0.15) is 59.5 Å². The monoisotopic (exact) mass is 511 g/mol. The van der Waals surface area contributed by atoms with Gasteiger partial charge in [-0.3, -0.25) is 4.79 Å². The third kappa shape index (κ3) is 4.32. The fourth-order valence-electron chi connectivity index (χ4n) is 6.75. The van der Waals surface area contributed by atoms with Crippen LogP contribution in [-0.4, -0.2) is 49.7 Å². The molecule has 1 aliphatic carbocycles. The lowest BCUT2D eigenvalue weighted by atomic mass is 9.76. The summed E-state index contributed by atoms with van der Waals surface area (Å²) >= 11 is 0. The predicted octanol–water partition coefficient (Wildman–Crippen LogP) is 6.47. The molecule has 0 radical (unpaired) electrons. The van der Waals surface area contributed by atoms with Crippen LogP contribution < -0.4 is 9.47 Å². The number of benzene rings is 3. The molecule has 1 amide bonds. The van der Waals surface area contributed by atoms with Gasteiger partial charge in [0.1, 0.15) is 18.1 Å². The molecule has 6 rings (SSSR count). The molecular weight excluding hydrogens is 478 g/mol. The van der Waals surface area contributed by atoms with Crippen LogP contribution in [0, 0.1) is 5.92 Å². The van der Waals surface area contributed by atoms with Gasteiger partial charge in [0.2, 0.25) is 0 Å². The minimum atomic E-state index is -0.254.